The molecule has 0 saturated carbocycles. The molecule has 6 heteroatoms. The molecular formula is C13H15F3N2O. The molecule has 0 aliphatic carbocycles. The van der Waals surface area contributed by atoms with Crippen LogP contribution in [0.5, 0.6) is 0 Å². The Labute approximate surface area is 109 Å². The van der Waals surface area contributed by atoms with Crippen LogP contribution in [-0.4, -0.2) is 30.4 Å². The number of likely N-dealkylation sites (tertiary alicyclic amines) is 1. The minimum absolute atomic E-state index is 0.182. The summed E-state index contributed by atoms with van der Waals surface area (Å²) in [7, 11) is 0. The van der Waals surface area contributed by atoms with E-state index in [-0.39, 0.29) is 11.5 Å². The zero-order chi connectivity index (χ0) is 14.0. The molecule has 1 amide bonds. The Balaban J connectivity index is 2.25. The van der Waals surface area contributed by atoms with Crippen LogP contribution in [0.3, 0.4) is 0 Å². The highest BCUT2D eigenvalue weighted by atomic mass is 19.4. The van der Waals surface area contributed by atoms with Gasteiger partial charge < -0.3 is 10.6 Å². The maximum Gasteiger partial charge on any atom is 0.417 e. The highest BCUT2D eigenvalue weighted by Crippen LogP contribution is 2.33. The van der Waals surface area contributed by atoms with Crippen molar-refractivity contribution in [2.24, 2.45) is 11.7 Å². The number of hydrogen-bond donors (Lipinski definition) is 1. The molecule has 2 rings (SSSR count). The molecule has 1 atom stereocenters. The summed E-state index contributed by atoms with van der Waals surface area (Å²) in [5, 5.41) is 0. The third-order valence-electron chi connectivity index (χ3n) is 3.37. The predicted octanol–water partition coefficient (Wildman–Crippen LogP) is 2.13. The van der Waals surface area contributed by atoms with E-state index in [0.29, 0.717) is 19.6 Å². The fourth-order valence-electron chi connectivity index (χ4n) is 2.30. The Morgan fingerprint density at radius 3 is 2.63 bits per heavy atom. The Morgan fingerprint density at radius 2 is 2.05 bits per heavy atom. The van der Waals surface area contributed by atoms with E-state index in [1.807, 2.05) is 0 Å². The van der Waals surface area contributed by atoms with Crippen LogP contribution < -0.4 is 5.73 Å². The minimum atomic E-state index is -4.51. The summed E-state index contributed by atoms with van der Waals surface area (Å²) in [6, 6.07) is 4.88. The maximum atomic E-state index is 12.8. The van der Waals surface area contributed by atoms with Gasteiger partial charge in [0.05, 0.1) is 11.1 Å². The average Bonchev–Trinajstić information content (AvgIpc) is 2.85. The van der Waals surface area contributed by atoms with Crippen LogP contribution >= 0.6 is 0 Å². The fourth-order valence-corrected chi connectivity index (χ4v) is 2.30. The van der Waals surface area contributed by atoms with Crippen molar-refractivity contribution in [1.82, 2.24) is 4.90 Å². The van der Waals surface area contributed by atoms with Crippen LogP contribution in [0.15, 0.2) is 24.3 Å². The average molecular weight is 272 g/mol. The summed E-state index contributed by atoms with van der Waals surface area (Å²) < 4.78 is 38.5. The highest BCUT2D eigenvalue weighted by Gasteiger charge is 2.36. The van der Waals surface area contributed by atoms with E-state index in [0.717, 1.165) is 12.5 Å². The number of carbonyl (C=O) groups is 1. The van der Waals surface area contributed by atoms with E-state index in [1.54, 1.807) is 0 Å². The normalized spacial score (nSPS) is 19.8. The van der Waals surface area contributed by atoms with Gasteiger partial charge in [-0.05, 0) is 31.0 Å². The van der Waals surface area contributed by atoms with Crippen molar-refractivity contribution < 1.29 is 18.0 Å². The molecule has 0 spiro atoms. The third-order valence-corrected chi connectivity index (χ3v) is 3.37. The van der Waals surface area contributed by atoms with Crippen LogP contribution in [-0.2, 0) is 6.18 Å². The Hall–Kier alpha value is -1.56. The summed E-state index contributed by atoms with van der Waals surface area (Å²) >= 11 is 0. The van der Waals surface area contributed by atoms with Crippen molar-refractivity contribution in [3.63, 3.8) is 0 Å². The Kier molecular flexibility index (Phi) is 3.80. The van der Waals surface area contributed by atoms with Gasteiger partial charge in [-0.1, -0.05) is 12.1 Å². The van der Waals surface area contributed by atoms with Crippen LogP contribution in [0, 0.1) is 5.92 Å². The number of benzene rings is 1. The van der Waals surface area contributed by atoms with E-state index < -0.39 is 17.6 Å². The first kappa shape index (κ1) is 13.9. The lowest BCUT2D eigenvalue weighted by Crippen LogP contribution is -2.31. The molecule has 19 heavy (non-hydrogen) atoms. The zero-order valence-corrected chi connectivity index (χ0v) is 10.3. The molecule has 1 fully saturated rings. The molecule has 0 bridgehead atoms. The van der Waals surface area contributed by atoms with Gasteiger partial charge >= 0.3 is 6.18 Å². The minimum Gasteiger partial charge on any atom is -0.338 e. The molecule has 1 aliphatic heterocycles. The van der Waals surface area contributed by atoms with Gasteiger partial charge in [0.15, 0.2) is 0 Å². The van der Waals surface area contributed by atoms with E-state index in [4.69, 9.17) is 5.73 Å². The van der Waals surface area contributed by atoms with Crippen molar-refractivity contribution >= 4 is 5.91 Å². The lowest BCUT2D eigenvalue weighted by atomic mass is 10.1. The third kappa shape index (κ3) is 2.89. The summed E-state index contributed by atoms with van der Waals surface area (Å²) in [4.78, 5) is 13.6. The first-order valence-corrected chi connectivity index (χ1v) is 6.09. The van der Waals surface area contributed by atoms with Crippen molar-refractivity contribution in [2.45, 2.75) is 12.6 Å². The number of alkyl halides is 3. The second-order valence-electron chi connectivity index (χ2n) is 4.68. The maximum absolute atomic E-state index is 12.8. The summed E-state index contributed by atoms with van der Waals surface area (Å²) in [5.74, 6) is -0.383. The fraction of sp³-hybridized carbons (Fsp3) is 0.462. The van der Waals surface area contributed by atoms with Crippen LogP contribution in [0.1, 0.15) is 22.3 Å². The molecule has 0 radical (unpaired) electrons. The standard InChI is InChI=1S/C13H15F3N2O/c14-13(15,16)11-4-2-1-3-10(11)12(19)18-6-5-9(7-17)8-18/h1-4,9H,5-8,17H2/t9-/m1/s1. The molecular weight excluding hydrogens is 257 g/mol. The largest absolute Gasteiger partial charge is 0.417 e. The summed E-state index contributed by atoms with van der Waals surface area (Å²) in [6.07, 6.45) is -3.77. The zero-order valence-electron chi connectivity index (χ0n) is 10.3. The van der Waals surface area contributed by atoms with E-state index in [2.05, 4.69) is 0 Å². The van der Waals surface area contributed by atoms with Gasteiger partial charge in [-0.3, -0.25) is 4.79 Å². The van der Waals surface area contributed by atoms with Gasteiger partial charge in [-0.2, -0.15) is 13.2 Å². The first-order valence-electron chi connectivity index (χ1n) is 6.09. The van der Waals surface area contributed by atoms with Crippen molar-refractivity contribution in [2.75, 3.05) is 19.6 Å². The van der Waals surface area contributed by atoms with E-state index >= 15 is 0 Å². The number of halogens is 3. The molecule has 0 aromatic heterocycles. The Morgan fingerprint density at radius 1 is 1.37 bits per heavy atom. The number of rotatable bonds is 2. The highest BCUT2D eigenvalue weighted by molar-refractivity contribution is 5.96. The van der Waals surface area contributed by atoms with Gasteiger partial charge in [0, 0.05) is 13.1 Å². The van der Waals surface area contributed by atoms with Gasteiger partial charge in [-0.15, -0.1) is 0 Å². The lowest BCUT2D eigenvalue weighted by Gasteiger charge is -2.19. The van der Waals surface area contributed by atoms with Crippen molar-refractivity contribution in [3.05, 3.63) is 35.4 Å². The van der Waals surface area contributed by atoms with Gasteiger partial charge in [-0.25, -0.2) is 0 Å². The monoisotopic (exact) mass is 272 g/mol. The van der Waals surface area contributed by atoms with Crippen molar-refractivity contribution in [1.29, 1.82) is 0 Å². The molecule has 3 nitrogen and oxygen atoms in total. The number of amides is 1. The van der Waals surface area contributed by atoms with Gasteiger partial charge in [0.1, 0.15) is 0 Å². The molecule has 0 unspecified atom stereocenters. The molecule has 1 saturated heterocycles. The topological polar surface area (TPSA) is 46.3 Å². The van der Waals surface area contributed by atoms with E-state index in [9.17, 15) is 18.0 Å². The molecule has 2 N–H and O–H groups in total. The van der Waals surface area contributed by atoms with E-state index in [1.165, 1.54) is 23.1 Å². The smallest absolute Gasteiger partial charge is 0.338 e. The number of nitrogens with zero attached hydrogens (tertiary/aromatic N) is 1. The molecule has 1 aliphatic rings. The first-order chi connectivity index (χ1) is 8.93. The molecule has 1 aromatic carbocycles. The van der Waals surface area contributed by atoms with Crippen molar-refractivity contribution in [3.8, 4) is 0 Å². The SMILES string of the molecule is NC[C@H]1CCN(C(=O)c2ccccc2C(F)(F)F)C1. The summed E-state index contributed by atoms with van der Waals surface area (Å²) in [5.41, 5.74) is 4.35. The Bertz CT molecular complexity index is 473. The molecule has 104 valence electrons. The number of hydrogen-bond acceptors (Lipinski definition) is 2. The van der Waals surface area contributed by atoms with Crippen LogP contribution in [0.25, 0.3) is 0 Å². The van der Waals surface area contributed by atoms with Gasteiger partial charge in [0.2, 0.25) is 0 Å². The molecule has 1 aromatic rings. The van der Waals surface area contributed by atoms with Crippen LogP contribution in [0.2, 0.25) is 0 Å². The number of carbonyl (C=O) groups excluding carboxylic acids is 1. The second kappa shape index (κ2) is 5.21. The lowest BCUT2D eigenvalue weighted by molar-refractivity contribution is -0.138. The van der Waals surface area contributed by atoms with Crippen LogP contribution in [0.4, 0.5) is 13.2 Å². The molecule has 1 heterocycles. The summed E-state index contributed by atoms with van der Waals surface area (Å²) in [6.45, 7) is 1.35. The quantitative estimate of drug-likeness (QED) is 0.896. The number of nitrogens with two attached hydrogens (primary N) is 1. The second-order valence-corrected chi connectivity index (χ2v) is 4.68. The predicted molar refractivity (Wildman–Crippen MR) is 64.5 cm³/mol. The van der Waals surface area contributed by atoms with Gasteiger partial charge in [0.25, 0.3) is 5.91 Å².